The number of hydrogen-bond acceptors (Lipinski definition) is 4. The minimum absolute atomic E-state index is 0.159. The van der Waals surface area contributed by atoms with Crippen LogP contribution in [-0.4, -0.2) is 36.5 Å². The Hall–Kier alpha value is -3.12. The molecule has 2 aromatic carbocycles. The maximum atomic E-state index is 12.8. The van der Waals surface area contributed by atoms with Crippen molar-refractivity contribution in [1.82, 2.24) is 10.3 Å². The number of nitrogens with zero attached hydrogens (tertiary/aromatic N) is 1. The van der Waals surface area contributed by atoms with E-state index in [1.807, 2.05) is 48.7 Å². The Balaban J connectivity index is 1.40. The van der Waals surface area contributed by atoms with Crippen LogP contribution < -0.4 is 15.0 Å². The van der Waals surface area contributed by atoms with Crippen LogP contribution in [0.1, 0.15) is 24.5 Å². The molecule has 29 heavy (non-hydrogen) atoms. The van der Waals surface area contributed by atoms with E-state index in [1.54, 1.807) is 7.11 Å². The van der Waals surface area contributed by atoms with Gasteiger partial charge in [-0.15, -0.1) is 0 Å². The number of carbonyl (C=O) groups excluding carboxylic acids is 2. The lowest BCUT2D eigenvalue weighted by molar-refractivity contribution is -0.121. The molecule has 4 rings (SSSR count). The Labute approximate surface area is 169 Å². The standard InChI is InChI=1S/C23H25N3O3/c1-3-15-4-6-17(7-5-15)26-22(27)13-21(23(26)28)24-11-10-16-14-25-20-9-8-18(29-2)12-19(16)20/h4-9,12,14,21,24-25H,3,10-11,13H2,1-2H3/t21-/m0/s1. The van der Waals surface area contributed by atoms with Gasteiger partial charge >= 0.3 is 0 Å². The molecule has 1 aromatic heterocycles. The van der Waals surface area contributed by atoms with E-state index in [4.69, 9.17) is 4.74 Å². The van der Waals surface area contributed by atoms with Crippen molar-refractivity contribution in [2.24, 2.45) is 0 Å². The van der Waals surface area contributed by atoms with Crippen LogP contribution in [0.25, 0.3) is 10.9 Å². The van der Waals surface area contributed by atoms with E-state index in [9.17, 15) is 9.59 Å². The highest BCUT2D eigenvalue weighted by atomic mass is 16.5. The highest BCUT2D eigenvalue weighted by Gasteiger charge is 2.39. The number of anilines is 1. The van der Waals surface area contributed by atoms with Crippen LogP contribution in [0.2, 0.25) is 0 Å². The van der Waals surface area contributed by atoms with Gasteiger partial charge in [0.25, 0.3) is 5.91 Å². The minimum Gasteiger partial charge on any atom is -0.497 e. The molecule has 0 spiro atoms. The summed E-state index contributed by atoms with van der Waals surface area (Å²) in [5.74, 6) is 0.473. The van der Waals surface area contributed by atoms with E-state index in [-0.39, 0.29) is 18.2 Å². The topological polar surface area (TPSA) is 74.4 Å². The van der Waals surface area contributed by atoms with Crippen LogP contribution >= 0.6 is 0 Å². The lowest BCUT2D eigenvalue weighted by Gasteiger charge is -2.16. The molecule has 0 radical (unpaired) electrons. The number of ether oxygens (including phenoxy) is 1. The van der Waals surface area contributed by atoms with Crippen molar-refractivity contribution in [2.45, 2.75) is 32.2 Å². The summed E-state index contributed by atoms with van der Waals surface area (Å²) in [6.45, 7) is 2.68. The lowest BCUT2D eigenvalue weighted by Crippen LogP contribution is -2.39. The fourth-order valence-electron chi connectivity index (χ4n) is 3.82. The normalized spacial score (nSPS) is 16.8. The zero-order chi connectivity index (χ0) is 20.4. The largest absolute Gasteiger partial charge is 0.497 e. The maximum absolute atomic E-state index is 12.8. The molecule has 2 amide bonds. The zero-order valence-electron chi connectivity index (χ0n) is 16.7. The second-order valence-electron chi connectivity index (χ2n) is 7.27. The summed E-state index contributed by atoms with van der Waals surface area (Å²) >= 11 is 0. The van der Waals surface area contributed by atoms with Crippen LogP contribution in [0.15, 0.2) is 48.7 Å². The van der Waals surface area contributed by atoms with Crippen molar-refractivity contribution in [3.8, 4) is 5.75 Å². The fraction of sp³-hybridized carbons (Fsp3) is 0.304. The van der Waals surface area contributed by atoms with Gasteiger partial charge in [-0.2, -0.15) is 0 Å². The van der Waals surface area contributed by atoms with Crippen LogP contribution in [0.5, 0.6) is 5.75 Å². The second-order valence-corrected chi connectivity index (χ2v) is 7.27. The summed E-state index contributed by atoms with van der Waals surface area (Å²) in [7, 11) is 1.65. The van der Waals surface area contributed by atoms with Crippen LogP contribution in [0, 0.1) is 0 Å². The van der Waals surface area contributed by atoms with Gasteiger partial charge < -0.3 is 15.0 Å². The number of imide groups is 1. The van der Waals surface area contributed by atoms with Gasteiger partial charge in [0.2, 0.25) is 5.91 Å². The van der Waals surface area contributed by atoms with Crippen molar-refractivity contribution >= 4 is 28.4 Å². The van der Waals surface area contributed by atoms with E-state index >= 15 is 0 Å². The average molecular weight is 391 g/mol. The molecular formula is C23H25N3O3. The third kappa shape index (κ3) is 3.76. The quantitative estimate of drug-likeness (QED) is 0.607. The van der Waals surface area contributed by atoms with Crippen molar-refractivity contribution in [1.29, 1.82) is 0 Å². The molecule has 6 nitrogen and oxygen atoms in total. The van der Waals surface area contributed by atoms with Gasteiger partial charge in [-0.05, 0) is 54.3 Å². The first-order valence-corrected chi connectivity index (χ1v) is 9.94. The van der Waals surface area contributed by atoms with E-state index in [0.717, 1.165) is 35.1 Å². The third-order valence-electron chi connectivity index (χ3n) is 5.51. The van der Waals surface area contributed by atoms with E-state index in [0.29, 0.717) is 12.2 Å². The number of amides is 2. The number of fused-ring (bicyclic) bond motifs is 1. The molecule has 0 bridgehead atoms. The SMILES string of the molecule is CCc1ccc(N2C(=O)C[C@H](NCCc3c[nH]c4ccc(OC)cc34)C2=O)cc1. The number of methoxy groups -OCH3 is 1. The Morgan fingerprint density at radius 2 is 1.97 bits per heavy atom. The number of rotatable bonds is 7. The molecule has 1 fully saturated rings. The predicted octanol–water partition coefficient (Wildman–Crippen LogP) is 3.20. The molecule has 3 aromatic rings. The monoisotopic (exact) mass is 391 g/mol. The molecule has 0 aliphatic carbocycles. The van der Waals surface area contributed by atoms with Crippen molar-refractivity contribution in [2.75, 3.05) is 18.6 Å². The molecule has 0 unspecified atom stereocenters. The maximum Gasteiger partial charge on any atom is 0.251 e. The summed E-state index contributed by atoms with van der Waals surface area (Å²) in [5.41, 5.74) is 4.02. The predicted molar refractivity (Wildman–Crippen MR) is 113 cm³/mol. The summed E-state index contributed by atoms with van der Waals surface area (Å²) in [6, 6.07) is 13.1. The number of nitrogens with one attached hydrogen (secondary N) is 2. The van der Waals surface area contributed by atoms with Gasteiger partial charge in [0.05, 0.1) is 25.3 Å². The van der Waals surface area contributed by atoms with Crippen LogP contribution in [0.3, 0.4) is 0 Å². The molecule has 1 atom stereocenters. The number of aryl methyl sites for hydroxylation is 1. The Kier molecular flexibility index (Phi) is 5.36. The molecule has 2 N–H and O–H groups in total. The molecule has 0 saturated carbocycles. The van der Waals surface area contributed by atoms with Gasteiger partial charge in [-0.25, -0.2) is 4.90 Å². The van der Waals surface area contributed by atoms with Crippen molar-refractivity contribution < 1.29 is 14.3 Å². The smallest absolute Gasteiger partial charge is 0.251 e. The summed E-state index contributed by atoms with van der Waals surface area (Å²) in [6.07, 6.45) is 3.84. The Bertz CT molecular complexity index is 1040. The first-order chi connectivity index (χ1) is 14.1. The van der Waals surface area contributed by atoms with E-state index < -0.39 is 6.04 Å². The van der Waals surface area contributed by atoms with Gasteiger partial charge in [-0.1, -0.05) is 19.1 Å². The highest BCUT2D eigenvalue weighted by molar-refractivity contribution is 6.22. The van der Waals surface area contributed by atoms with Gasteiger partial charge in [0, 0.05) is 23.6 Å². The second kappa shape index (κ2) is 8.09. The van der Waals surface area contributed by atoms with E-state index in [1.165, 1.54) is 10.5 Å². The fourth-order valence-corrected chi connectivity index (χ4v) is 3.82. The molecule has 150 valence electrons. The van der Waals surface area contributed by atoms with Crippen LogP contribution in [0.4, 0.5) is 5.69 Å². The number of benzene rings is 2. The molecule has 1 aliphatic heterocycles. The summed E-state index contributed by atoms with van der Waals surface area (Å²) in [4.78, 5) is 29.8. The average Bonchev–Trinajstić information content (AvgIpc) is 3.28. The number of aromatic nitrogens is 1. The first-order valence-electron chi connectivity index (χ1n) is 9.94. The minimum atomic E-state index is -0.479. The summed E-state index contributed by atoms with van der Waals surface area (Å²) < 4.78 is 5.31. The first kappa shape index (κ1) is 19.2. The highest BCUT2D eigenvalue weighted by Crippen LogP contribution is 2.25. The summed E-state index contributed by atoms with van der Waals surface area (Å²) in [5, 5.41) is 4.37. The Morgan fingerprint density at radius 3 is 2.69 bits per heavy atom. The Morgan fingerprint density at radius 1 is 1.17 bits per heavy atom. The number of H-pyrrole nitrogens is 1. The molecule has 1 saturated heterocycles. The van der Waals surface area contributed by atoms with Gasteiger partial charge in [-0.3, -0.25) is 9.59 Å². The van der Waals surface area contributed by atoms with Gasteiger partial charge in [0.1, 0.15) is 5.75 Å². The molecule has 1 aliphatic rings. The third-order valence-corrected chi connectivity index (χ3v) is 5.51. The zero-order valence-corrected chi connectivity index (χ0v) is 16.7. The van der Waals surface area contributed by atoms with Crippen molar-refractivity contribution in [3.63, 3.8) is 0 Å². The van der Waals surface area contributed by atoms with Crippen molar-refractivity contribution in [3.05, 3.63) is 59.8 Å². The molecular weight excluding hydrogens is 366 g/mol. The van der Waals surface area contributed by atoms with Gasteiger partial charge in [0.15, 0.2) is 0 Å². The number of carbonyl (C=O) groups is 2. The number of hydrogen-bond donors (Lipinski definition) is 2. The molecule has 2 heterocycles. The molecule has 6 heteroatoms. The number of aromatic amines is 1. The lowest BCUT2D eigenvalue weighted by atomic mass is 10.1. The van der Waals surface area contributed by atoms with Crippen LogP contribution in [-0.2, 0) is 22.4 Å². The van der Waals surface area contributed by atoms with E-state index in [2.05, 4.69) is 17.2 Å².